The first-order valence-corrected chi connectivity index (χ1v) is 6.63. The molecular formula is C12H10ClNOS2. The van der Waals surface area contributed by atoms with E-state index < -0.39 is 0 Å². The molecule has 0 bridgehead atoms. The molecule has 0 unspecified atom stereocenters. The molecule has 0 radical (unpaired) electrons. The van der Waals surface area contributed by atoms with Crippen molar-refractivity contribution in [2.24, 2.45) is 5.73 Å². The van der Waals surface area contributed by atoms with E-state index in [1.807, 2.05) is 16.8 Å². The van der Waals surface area contributed by atoms with Gasteiger partial charge in [-0.1, -0.05) is 23.8 Å². The molecule has 1 aromatic carbocycles. The van der Waals surface area contributed by atoms with Crippen molar-refractivity contribution in [3.63, 3.8) is 0 Å². The minimum atomic E-state index is 0.307. The summed E-state index contributed by atoms with van der Waals surface area (Å²) in [5.41, 5.74) is 7.45. The van der Waals surface area contributed by atoms with E-state index in [0.29, 0.717) is 27.9 Å². The van der Waals surface area contributed by atoms with Crippen LogP contribution in [-0.2, 0) is 6.61 Å². The summed E-state index contributed by atoms with van der Waals surface area (Å²) in [7, 11) is 0. The van der Waals surface area contributed by atoms with Crippen molar-refractivity contribution in [3.8, 4) is 5.75 Å². The van der Waals surface area contributed by atoms with E-state index in [9.17, 15) is 0 Å². The SMILES string of the molecule is NC(=S)c1ccc(Cl)cc1OCc1ccsc1. The van der Waals surface area contributed by atoms with E-state index in [1.54, 1.807) is 29.5 Å². The summed E-state index contributed by atoms with van der Waals surface area (Å²) in [5.74, 6) is 0.621. The molecule has 0 atom stereocenters. The van der Waals surface area contributed by atoms with E-state index in [-0.39, 0.29) is 0 Å². The van der Waals surface area contributed by atoms with E-state index in [0.717, 1.165) is 5.56 Å². The highest BCUT2D eigenvalue weighted by atomic mass is 35.5. The zero-order valence-corrected chi connectivity index (χ0v) is 11.2. The molecular weight excluding hydrogens is 274 g/mol. The molecule has 5 heteroatoms. The van der Waals surface area contributed by atoms with Crippen molar-refractivity contribution in [1.29, 1.82) is 0 Å². The highest BCUT2D eigenvalue weighted by molar-refractivity contribution is 7.80. The van der Waals surface area contributed by atoms with Gasteiger partial charge in [0.15, 0.2) is 0 Å². The van der Waals surface area contributed by atoms with Crippen molar-refractivity contribution in [1.82, 2.24) is 0 Å². The first-order chi connectivity index (χ1) is 8.16. The highest BCUT2D eigenvalue weighted by Crippen LogP contribution is 2.24. The number of nitrogens with two attached hydrogens (primary N) is 1. The number of ether oxygens (including phenoxy) is 1. The Balaban J connectivity index is 2.19. The van der Waals surface area contributed by atoms with Crippen LogP contribution in [0.25, 0.3) is 0 Å². The lowest BCUT2D eigenvalue weighted by Crippen LogP contribution is -2.11. The summed E-state index contributed by atoms with van der Waals surface area (Å²) in [6, 6.07) is 7.25. The van der Waals surface area contributed by atoms with Crippen molar-refractivity contribution >= 4 is 40.1 Å². The molecule has 2 nitrogen and oxygen atoms in total. The molecule has 0 amide bonds. The summed E-state index contributed by atoms with van der Waals surface area (Å²) >= 11 is 12.5. The van der Waals surface area contributed by atoms with Crippen molar-refractivity contribution in [2.75, 3.05) is 0 Å². The van der Waals surface area contributed by atoms with Gasteiger partial charge in [-0.25, -0.2) is 0 Å². The van der Waals surface area contributed by atoms with E-state index in [2.05, 4.69) is 0 Å². The van der Waals surface area contributed by atoms with E-state index in [1.165, 1.54) is 0 Å². The standard InChI is InChI=1S/C12H10ClNOS2/c13-9-1-2-10(12(14)16)11(5-9)15-6-8-3-4-17-7-8/h1-5,7H,6H2,(H2,14,16). The maximum absolute atomic E-state index is 5.92. The minimum Gasteiger partial charge on any atom is -0.488 e. The number of hydrogen-bond donors (Lipinski definition) is 1. The topological polar surface area (TPSA) is 35.2 Å². The van der Waals surface area contributed by atoms with Crippen LogP contribution in [0.5, 0.6) is 5.75 Å². The average Bonchev–Trinajstić information content (AvgIpc) is 2.78. The second-order valence-electron chi connectivity index (χ2n) is 3.43. The normalized spacial score (nSPS) is 10.2. The summed E-state index contributed by atoms with van der Waals surface area (Å²) in [4.78, 5) is 0.307. The van der Waals surface area contributed by atoms with Gasteiger partial charge in [0.1, 0.15) is 17.3 Å². The fraction of sp³-hybridized carbons (Fsp3) is 0.0833. The van der Waals surface area contributed by atoms with Crippen LogP contribution in [0.1, 0.15) is 11.1 Å². The number of thiocarbonyl (C=S) groups is 1. The lowest BCUT2D eigenvalue weighted by Gasteiger charge is -2.10. The van der Waals surface area contributed by atoms with Crippen LogP contribution in [-0.4, -0.2) is 4.99 Å². The third-order valence-electron chi connectivity index (χ3n) is 2.18. The van der Waals surface area contributed by atoms with Crippen LogP contribution in [0.2, 0.25) is 5.02 Å². The molecule has 2 rings (SSSR count). The number of thiophene rings is 1. The summed E-state index contributed by atoms with van der Waals surface area (Å²) < 4.78 is 5.68. The van der Waals surface area contributed by atoms with Crippen molar-refractivity contribution in [2.45, 2.75) is 6.61 Å². The van der Waals surface area contributed by atoms with Crippen LogP contribution in [0.15, 0.2) is 35.0 Å². The van der Waals surface area contributed by atoms with Gasteiger partial charge in [-0.15, -0.1) is 0 Å². The first-order valence-electron chi connectivity index (χ1n) is 4.90. The van der Waals surface area contributed by atoms with Crippen LogP contribution in [0.4, 0.5) is 0 Å². The van der Waals surface area contributed by atoms with E-state index >= 15 is 0 Å². The van der Waals surface area contributed by atoms with Gasteiger partial charge >= 0.3 is 0 Å². The molecule has 2 aromatic rings. The molecule has 0 aliphatic carbocycles. The Morgan fingerprint density at radius 1 is 1.41 bits per heavy atom. The van der Waals surface area contributed by atoms with Crippen LogP contribution >= 0.6 is 35.2 Å². The largest absolute Gasteiger partial charge is 0.488 e. The number of benzene rings is 1. The fourth-order valence-corrected chi connectivity index (χ4v) is 2.34. The van der Waals surface area contributed by atoms with Gasteiger partial charge in [-0.2, -0.15) is 11.3 Å². The molecule has 0 saturated carbocycles. The predicted molar refractivity (Wildman–Crippen MR) is 76.0 cm³/mol. The molecule has 0 fully saturated rings. The average molecular weight is 284 g/mol. The third kappa shape index (κ3) is 3.19. The van der Waals surface area contributed by atoms with Gasteiger partial charge < -0.3 is 10.5 Å². The minimum absolute atomic E-state index is 0.307. The number of rotatable bonds is 4. The van der Waals surface area contributed by atoms with Gasteiger partial charge in [-0.05, 0) is 40.6 Å². The molecule has 1 aromatic heterocycles. The molecule has 2 N–H and O–H groups in total. The molecule has 0 saturated heterocycles. The van der Waals surface area contributed by atoms with Gasteiger partial charge in [0.25, 0.3) is 0 Å². The van der Waals surface area contributed by atoms with Crippen molar-refractivity contribution < 1.29 is 4.74 Å². The third-order valence-corrected chi connectivity index (χ3v) is 3.37. The molecule has 0 aliphatic rings. The molecule has 88 valence electrons. The maximum atomic E-state index is 5.92. The lowest BCUT2D eigenvalue weighted by atomic mass is 10.2. The summed E-state index contributed by atoms with van der Waals surface area (Å²) in [6.45, 7) is 0.486. The van der Waals surface area contributed by atoms with Crippen LogP contribution < -0.4 is 10.5 Å². The fourth-order valence-electron chi connectivity index (χ4n) is 1.36. The molecule has 17 heavy (non-hydrogen) atoms. The monoisotopic (exact) mass is 283 g/mol. The zero-order valence-electron chi connectivity index (χ0n) is 8.85. The van der Waals surface area contributed by atoms with Crippen molar-refractivity contribution in [3.05, 3.63) is 51.2 Å². The van der Waals surface area contributed by atoms with Gasteiger partial charge in [0.2, 0.25) is 0 Å². The molecule has 1 heterocycles. The second kappa shape index (κ2) is 5.49. The summed E-state index contributed by atoms with van der Waals surface area (Å²) in [6.07, 6.45) is 0. The zero-order chi connectivity index (χ0) is 12.3. The second-order valence-corrected chi connectivity index (χ2v) is 5.08. The van der Waals surface area contributed by atoms with Gasteiger partial charge in [0.05, 0.1) is 5.56 Å². The maximum Gasteiger partial charge on any atom is 0.131 e. The highest BCUT2D eigenvalue weighted by Gasteiger charge is 2.07. The first kappa shape index (κ1) is 12.4. The lowest BCUT2D eigenvalue weighted by molar-refractivity contribution is 0.306. The van der Waals surface area contributed by atoms with Gasteiger partial charge in [0, 0.05) is 5.02 Å². The smallest absolute Gasteiger partial charge is 0.131 e. The molecule has 0 spiro atoms. The Bertz CT molecular complexity index is 525. The Labute approximate surface area is 114 Å². The Kier molecular flexibility index (Phi) is 3.99. The Morgan fingerprint density at radius 2 is 2.24 bits per heavy atom. The van der Waals surface area contributed by atoms with Crippen LogP contribution in [0.3, 0.4) is 0 Å². The molecule has 0 aliphatic heterocycles. The quantitative estimate of drug-likeness (QED) is 0.871. The Morgan fingerprint density at radius 3 is 2.88 bits per heavy atom. The number of halogens is 1. The van der Waals surface area contributed by atoms with E-state index in [4.69, 9.17) is 34.3 Å². The summed E-state index contributed by atoms with van der Waals surface area (Å²) in [5, 5.41) is 4.64. The Hall–Kier alpha value is -1.10. The predicted octanol–water partition coefficient (Wildman–Crippen LogP) is 3.61. The van der Waals surface area contributed by atoms with Gasteiger partial charge in [-0.3, -0.25) is 0 Å². The number of hydrogen-bond acceptors (Lipinski definition) is 3. The van der Waals surface area contributed by atoms with Crippen LogP contribution in [0, 0.1) is 0 Å².